The zero-order valence-corrected chi connectivity index (χ0v) is 15.7. The first-order valence-electron chi connectivity index (χ1n) is 10.1. The van der Waals surface area contributed by atoms with Gasteiger partial charge in [0.25, 0.3) is 0 Å². The molecule has 0 aliphatic carbocycles. The van der Waals surface area contributed by atoms with Crippen molar-refractivity contribution in [1.82, 2.24) is 5.32 Å². The number of carbonyl (C=O) groups is 1. The second kappa shape index (κ2) is 17.8. The predicted molar refractivity (Wildman–Crippen MR) is 99.6 cm³/mol. The lowest BCUT2D eigenvalue weighted by atomic mass is 10.0. The highest BCUT2D eigenvalue weighted by Gasteiger charge is 2.04. The highest BCUT2D eigenvalue weighted by atomic mass is 16.2. The van der Waals surface area contributed by atoms with E-state index in [1.807, 2.05) is 13.8 Å². The maximum atomic E-state index is 11.4. The zero-order chi connectivity index (χ0) is 17.2. The lowest BCUT2D eigenvalue weighted by Crippen LogP contribution is -2.28. The molecule has 0 bridgehead atoms. The van der Waals surface area contributed by atoms with Crippen molar-refractivity contribution in [1.29, 1.82) is 0 Å². The van der Waals surface area contributed by atoms with Crippen LogP contribution in [0.5, 0.6) is 0 Å². The summed E-state index contributed by atoms with van der Waals surface area (Å²) in [5.41, 5.74) is 0. The maximum absolute atomic E-state index is 11.4. The molecule has 2 N–H and O–H groups in total. The smallest absolute Gasteiger partial charge is 0.222 e. The van der Waals surface area contributed by atoms with Gasteiger partial charge in [0.15, 0.2) is 0 Å². The molecule has 3 nitrogen and oxygen atoms in total. The molecule has 0 aromatic rings. The highest BCUT2D eigenvalue weighted by molar-refractivity contribution is 5.77. The summed E-state index contributed by atoms with van der Waals surface area (Å²) in [6.45, 7) is 5.07. The van der Waals surface area contributed by atoms with E-state index in [1.165, 1.54) is 77.0 Å². The van der Waals surface area contributed by atoms with Crippen molar-refractivity contribution in [3.05, 3.63) is 0 Å². The average Bonchev–Trinajstić information content (AvgIpc) is 2.54. The minimum Gasteiger partial charge on any atom is -0.396 e. The van der Waals surface area contributed by atoms with Crippen LogP contribution in [0.2, 0.25) is 0 Å². The van der Waals surface area contributed by atoms with E-state index in [4.69, 9.17) is 5.11 Å². The average molecular weight is 328 g/mol. The summed E-state index contributed by atoms with van der Waals surface area (Å²) in [6, 6.07) is 0. The Morgan fingerprint density at radius 3 is 1.39 bits per heavy atom. The Morgan fingerprint density at radius 1 is 0.696 bits per heavy atom. The fraction of sp³-hybridized carbons (Fsp3) is 0.950. The summed E-state index contributed by atoms with van der Waals surface area (Å²) in [7, 11) is 0. The number of hydrogen-bond donors (Lipinski definition) is 2. The molecule has 0 aliphatic heterocycles. The summed E-state index contributed by atoms with van der Waals surface area (Å²) in [5.74, 6) is 0.286. The molecule has 0 aromatic heterocycles. The van der Waals surface area contributed by atoms with Gasteiger partial charge in [0.2, 0.25) is 5.91 Å². The van der Waals surface area contributed by atoms with Crippen LogP contribution in [-0.4, -0.2) is 24.2 Å². The van der Waals surface area contributed by atoms with Crippen molar-refractivity contribution >= 4 is 5.91 Å². The molecule has 23 heavy (non-hydrogen) atoms. The Hall–Kier alpha value is -0.570. The van der Waals surface area contributed by atoms with E-state index in [9.17, 15) is 4.79 Å². The molecular formula is C20H41NO2. The first-order chi connectivity index (χ1) is 11.2. The van der Waals surface area contributed by atoms with Crippen molar-refractivity contribution in [2.45, 2.75) is 104 Å². The zero-order valence-electron chi connectivity index (χ0n) is 15.7. The van der Waals surface area contributed by atoms with Crippen LogP contribution in [0.15, 0.2) is 0 Å². The van der Waals surface area contributed by atoms with Crippen molar-refractivity contribution in [3.8, 4) is 0 Å². The van der Waals surface area contributed by atoms with Crippen LogP contribution in [0.3, 0.4) is 0 Å². The molecule has 0 saturated carbocycles. The first-order valence-corrected chi connectivity index (χ1v) is 10.1. The Kier molecular flexibility index (Phi) is 17.3. The van der Waals surface area contributed by atoms with Crippen LogP contribution in [0.1, 0.15) is 104 Å². The summed E-state index contributed by atoms with van der Waals surface area (Å²) in [4.78, 5) is 11.4. The van der Waals surface area contributed by atoms with Crippen molar-refractivity contribution in [3.63, 3.8) is 0 Å². The van der Waals surface area contributed by atoms with Gasteiger partial charge < -0.3 is 10.4 Å². The highest BCUT2D eigenvalue weighted by Crippen LogP contribution is 2.12. The first kappa shape index (κ1) is 22.4. The van der Waals surface area contributed by atoms with E-state index in [1.54, 1.807) is 0 Å². The summed E-state index contributed by atoms with van der Waals surface area (Å²) < 4.78 is 0. The molecule has 1 amide bonds. The number of aliphatic hydroxyl groups is 1. The van der Waals surface area contributed by atoms with Crippen LogP contribution in [0, 0.1) is 5.92 Å². The van der Waals surface area contributed by atoms with Crippen molar-refractivity contribution < 1.29 is 9.90 Å². The second-order valence-electron chi connectivity index (χ2n) is 7.12. The number of rotatable bonds is 17. The van der Waals surface area contributed by atoms with Gasteiger partial charge in [-0.3, -0.25) is 4.79 Å². The molecule has 0 unspecified atom stereocenters. The minimum atomic E-state index is 0.107. The summed E-state index contributed by atoms with van der Waals surface area (Å²) in [5, 5.41) is 11.7. The fourth-order valence-electron chi connectivity index (χ4n) is 2.77. The quantitative estimate of drug-likeness (QED) is 0.360. The molecule has 0 aromatic carbocycles. The topological polar surface area (TPSA) is 49.3 Å². The van der Waals surface area contributed by atoms with Gasteiger partial charge in [-0.2, -0.15) is 0 Å². The monoisotopic (exact) mass is 327 g/mol. The molecule has 3 heteroatoms. The maximum Gasteiger partial charge on any atom is 0.222 e. The van der Waals surface area contributed by atoms with Crippen LogP contribution in [-0.2, 0) is 4.79 Å². The Balaban J connectivity index is 3.04. The van der Waals surface area contributed by atoms with E-state index >= 15 is 0 Å². The Labute approximate surface area is 144 Å². The summed E-state index contributed by atoms with van der Waals surface area (Å²) >= 11 is 0. The predicted octanol–water partition coefficient (Wildman–Crippen LogP) is 5.21. The van der Waals surface area contributed by atoms with Gasteiger partial charge in [-0.25, -0.2) is 0 Å². The molecule has 0 fully saturated rings. The molecule has 138 valence electrons. The van der Waals surface area contributed by atoms with E-state index < -0.39 is 0 Å². The third kappa shape index (κ3) is 17.6. The van der Waals surface area contributed by atoms with E-state index in [0.29, 0.717) is 6.61 Å². The van der Waals surface area contributed by atoms with Gasteiger partial charge in [0, 0.05) is 19.1 Å². The number of unbranched alkanes of at least 4 members (excludes halogenated alkanes) is 13. The molecule has 0 saturated heterocycles. The van der Waals surface area contributed by atoms with Gasteiger partial charge in [0.1, 0.15) is 0 Å². The second-order valence-corrected chi connectivity index (χ2v) is 7.12. The lowest BCUT2D eigenvalue weighted by molar-refractivity contribution is -0.123. The number of amides is 1. The molecule has 0 heterocycles. The largest absolute Gasteiger partial charge is 0.396 e. The van der Waals surface area contributed by atoms with E-state index in [-0.39, 0.29) is 11.8 Å². The number of nitrogens with one attached hydrogen (secondary N) is 1. The van der Waals surface area contributed by atoms with Crippen LogP contribution in [0.25, 0.3) is 0 Å². The van der Waals surface area contributed by atoms with Gasteiger partial charge in [-0.15, -0.1) is 0 Å². The molecule has 0 radical (unpaired) electrons. The molecule has 0 aliphatic rings. The SMILES string of the molecule is CC(C)C(=O)NCCCCCCCCCCCCCCCCO. The molecule has 0 rings (SSSR count). The molecule has 0 atom stereocenters. The van der Waals surface area contributed by atoms with Gasteiger partial charge in [0.05, 0.1) is 0 Å². The number of carbonyl (C=O) groups excluding carboxylic acids is 1. The molecular weight excluding hydrogens is 286 g/mol. The third-order valence-corrected chi connectivity index (χ3v) is 4.41. The van der Waals surface area contributed by atoms with Gasteiger partial charge in [-0.05, 0) is 12.8 Å². The Bertz CT molecular complexity index is 254. The lowest BCUT2D eigenvalue weighted by Gasteiger charge is -2.07. The third-order valence-electron chi connectivity index (χ3n) is 4.41. The standard InChI is InChI=1S/C20H41NO2/c1-19(2)20(23)21-17-15-13-11-9-7-5-3-4-6-8-10-12-14-16-18-22/h19,22H,3-18H2,1-2H3,(H,21,23). The van der Waals surface area contributed by atoms with Crippen molar-refractivity contribution in [2.75, 3.05) is 13.2 Å². The van der Waals surface area contributed by atoms with Gasteiger partial charge >= 0.3 is 0 Å². The van der Waals surface area contributed by atoms with Gasteiger partial charge in [-0.1, -0.05) is 90.9 Å². The van der Waals surface area contributed by atoms with E-state index in [0.717, 1.165) is 19.4 Å². The number of hydrogen-bond acceptors (Lipinski definition) is 2. The number of aliphatic hydroxyl groups excluding tert-OH is 1. The van der Waals surface area contributed by atoms with Crippen LogP contribution < -0.4 is 5.32 Å². The Morgan fingerprint density at radius 2 is 1.04 bits per heavy atom. The fourth-order valence-corrected chi connectivity index (χ4v) is 2.77. The van der Waals surface area contributed by atoms with Crippen LogP contribution in [0.4, 0.5) is 0 Å². The summed E-state index contributed by atoms with van der Waals surface area (Å²) in [6.07, 6.45) is 18.1. The minimum absolute atomic E-state index is 0.107. The van der Waals surface area contributed by atoms with Crippen molar-refractivity contribution in [2.24, 2.45) is 5.92 Å². The van der Waals surface area contributed by atoms with E-state index in [2.05, 4.69) is 5.32 Å². The normalized spacial score (nSPS) is 11.1. The molecule has 0 spiro atoms. The van der Waals surface area contributed by atoms with Crippen LogP contribution >= 0.6 is 0 Å².